The first-order valence-corrected chi connectivity index (χ1v) is 9.50. The van der Waals surface area contributed by atoms with E-state index in [-0.39, 0.29) is 0 Å². The van der Waals surface area contributed by atoms with Crippen LogP contribution in [0.1, 0.15) is 16.8 Å². The molecule has 0 spiro atoms. The van der Waals surface area contributed by atoms with Gasteiger partial charge >= 0.3 is 0 Å². The normalized spacial score (nSPS) is 11.0. The van der Waals surface area contributed by atoms with Crippen LogP contribution in [0, 0.1) is 13.8 Å². The molecule has 6 nitrogen and oxygen atoms in total. The first-order valence-electron chi connectivity index (χ1n) is 8.52. The van der Waals surface area contributed by atoms with Crippen molar-refractivity contribution in [3.8, 4) is 22.8 Å². The maximum atomic E-state index is 6.17. The summed E-state index contributed by atoms with van der Waals surface area (Å²) in [5.74, 6) is 8.02. The highest BCUT2D eigenvalue weighted by atomic mass is 32.2. The van der Waals surface area contributed by atoms with E-state index in [9.17, 15) is 0 Å². The van der Waals surface area contributed by atoms with Gasteiger partial charge < -0.3 is 10.3 Å². The summed E-state index contributed by atoms with van der Waals surface area (Å²) >= 11 is 1.47. The van der Waals surface area contributed by atoms with E-state index in [2.05, 4.69) is 22.1 Å². The quantitative estimate of drug-likeness (QED) is 0.414. The molecule has 0 unspecified atom stereocenters. The van der Waals surface area contributed by atoms with Crippen LogP contribution >= 0.6 is 11.8 Å². The Balaban J connectivity index is 1.46. The van der Waals surface area contributed by atoms with Gasteiger partial charge in [-0.3, -0.25) is 0 Å². The lowest BCUT2D eigenvalue weighted by Gasteiger charge is -2.03. The Bertz CT molecular complexity index is 1050. The Morgan fingerprint density at radius 2 is 1.56 bits per heavy atom. The minimum Gasteiger partial charge on any atom is -0.444 e. The van der Waals surface area contributed by atoms with Crippen LogP contribution in [0.25, 0.3) is 22.8 Å². The van der Waals surface area contributed by atoms with Crippen LogP contribution < -0.4 is 5.84 Å². The lowest BCUT2D eigenvalue weighted by Crippen LogP contribution is -2.11. The van der Waals surface area contributed by atoms with Crippen molar-refractivity contribution in [2.45, 2.75) is 24.8 Å². The molecular weight excluding hydrogens is 358 g/mol. The maximum Gasteiger partial charge on any atom is 0.226 e. The van der Waals surface area contributed by atoms with E-state index in [0.29, 0.717) is 22.6 Å². The molecule has 2 aromatic heterocycles. The van der Waals surface area contributed by atoms with E-state index < -0.39 is 0 Å². The SMILES string of the molecule is Cc1ccc(-c2nc(CSc3nnc(-c4ccc(C)cc4)n3N)co2)cc1. The fraction of sp³-hybridized carbons (Fsp3) is 0.150. The molecule has 2 heterocycles. The smallest absolute Gasteiger partial charge is 0.226 e. The second-order valence-electron chi connectivity index (χ2n) is 6.34. The molecule has 0 aliphatic heterocycles. The second kappa shape index (κ2) is 7.28. The van der Waals surface area contributed by atoms with E-state index in [4.69, 9.17) is 10.3 Å². The van der Waals surface area contributed by atoms with Gasteiger partial charge in [0.1, 0.15) is 6.26 Å². The number of rotatable bonds is 5. The fourth-order valence-electron chi connectivity index (χ4n) is 2.62. The largest absolute Gasteiger partial charge is 0.444 e. The average Bonchev–Trinajstić information content (AvgIpc) is 3.28. The number of aromatic nitrogens is 4. The van der Waals surface area contributed by atoms with Gasteiger partial charge in [0.15, 0.2) is 5.82 Å². The Hall–Kier alpha value is -3.06. The van der Waals surface area contributed by atoms with Gasteiger partial charge in [0.05, 0.1) is 5.69 Å². The van der Waals surface area contributed by atoms with Crippen LogP contribution in [0.5, 0.6) is 0 Å². The van der Waals surface area contributed by atoms with Crippen LogP contribution in [0.15, 0.2) is 64.4 Å². The number of hydrogen-bond donors (Lipinski definition) is 1. The van der Waals surface area contributed by atoms with Gasteiger partial charge in [-0.25, -0.2) is 9.66 Å². The van der Waals surface area contributed by atoms with Crippen molar-refractivity contribution in [2.24, 2.45) is 0 Å². The van der Waals surface area contributed by atoms with Crippen molar-refractivity contribution in [2.75, 3.05) is 5.84 Å². The number of aryl methyl sites for hydroxylation is 2. The van der Waals surface area contributed by atoms with Gasteiger partial charge in [0.25, 0.3) is 0 Å². The van der Waals surface area contributed by atoms with Gasteiger partial charge in [-0.1, -0.05) is 59.3 Å². The molecule has 0 fully saturated rings. The zero-order chi connectivity index (χ0) is 18.8. The molecule has 0 saturated heterocycles. The summed E-state index contributed by atoms with van der Waals surface area (Å²) in [4.78, 5) is 4.54. The van der Waals surface area contributed by atoms with Crippen molar-refractivity contribution in [3.63, 3.8) is 0 Å². The first-order chi connectivity index (χ1) is 13.1. The summed E-state index contributed by atoms with van der Waals surface area (Å²) in [6, 6.07) is 16.1. The standard InChI is InChI=1S/C20H19N5OS/c1-13-3-7-15(8-4-13)18-23-24-20(25(18)21)27-12-17-11-26-19(22-17)16-9-5-14(2)6-10-16/h3-11H,12,21H2,1-2H3. The molecule has 0 saturated carbocycles. The summed E-state index contributed by atoms with van der Waals surface area (Å²) < 4.78 is 7.11. The Kier molecular flexibility index (Phi) is 4.68. The van der Waals surface area contributed by atoms with Crippen LogP contribution in [-0.2, 0) is 5.75 Å². The number of benzene rings is 2. The van der Waals surface area contributed by atoms with E-state index in [1.165, 1.54) is 27.6 Å². The number of nitrogens with zero attached hydrogens (tertiary/aromatic N) is 4. The molecule has 0 aliphatic carbocycles. The van der Waals surface area contributed by atoms with Crippen LogP contribution in [0.2, 0.25) is 0 Å². The number of nitrogens with two attached hydrogens (primary N) is 1. The van der Waals surface area contributed by atoms with E-state index in [1.807, 2.05) is 55.5 Å². The molecule has 0 atom stereocenters. The molecule has 0 bridgehead atoms. The molecular formula is C20H19N5OS. The van der Waals surface area contributed by atoms with Crippen LogP contribution in [-0.4, -0.2) is 19.9 Å². The topological polar surface area (TPSA) is 82.8 Å². The summed E-state index contributed by atoms with van der Waals surface area (Å²) in [5, 5.41) is 9.04. The van der Waals surface area contributed by atoms with Crippen molar-refractivity contribution in [1.29, 1.82) is 0 Å². The van der Waals surface area contributed by atoms with Crippen LogP contribution in [0.3, 0.4) is 0 Å². The first kappa shape index (κ1) is 17.4. The predicted octanol–water partition coefficient (Wildman–Crippen LogP) is 4.22. The lowest BCUT2D eigenvalue weighted by atomic mass is 10.1. The monoisotopic (exact) mass is 377 g/mol. The van der Waals surface area contributed by atoms with Gasteiger partial charge in [-0.15, -0.1) is 10.2 Å². The van der Waals surface area contributed by atoms with Crippen molar-refractivity contribution in [1.82, 2.24) is 19.9 Å². The predicted molar refractivity (Wildman–Crippen MR) is 107 cm³/mol. The van der Waals surface area contributed by atoms with Gasteiger partial charge in [-0.2, -0.15) is 0 Å². The summed E-state index contributed by atoms with van der Waals surface area (Å²) in [7, 11) is 0. The third kappa shape index (κ3) is 3.73. The molecule has 2 N–H and O–H groups in total. The molecule has 4 aromatic rings. The third-order valence-corrected chi connectivity index (χ3v) is 5.15. The van der Waals surface area contributed by atoms with E-state index in [0.717, 1.165) is 16.8 Å². The molecule has 0 amide bonds. The minimum absolute atomic E-state index is 0.596. The highest BCUT2D eigenvalue weighted by Gasteiger charge is 2.14. The molecule has 0 radical (unpaired) electrons. The Labute approximate surface area is 161 Å². The van der Waals surface area contributed by atoms with Crippen molar-refractivity contribution in [3.05, 3.63) is 71.6 Å². The summed E-state index contributed by atoms with van der Waals surface area (Å²) in [5.41, 5.74) is 5.11. The Morgan fingerprint density at radius 3 is 2.22 bits per heavy atom. The van der Waals surface area contributed by atoms with Gasteiger partial charge in [0.2, 0.25) is 11.0 Å². The highest BCUT2D eigenvalue weighted by Crippen LogP contribution is 2.26. The van der Waals surface area contributed by atoms with Gasteiger partial charge in [0, 0.05) is 16.9 Å². The van der Waals surface area contributed by atoms with Crippen LogP contribution in [0.4, 0.5) is 0 Å². The summed E-state index contributed by atoms with van der Waals surface area (Å²) in [6.07, 6.45) is 1.67. The Morgan fingerprint density at radius 1 is 0.926 bits per heavy atom. The number of hydrogen-bond acceptors (Lipinski definition) is 6. The molecule has 0 aliphatic rings. The van der Waals surface area contributed by atoms with Crippen molar-refractivity contribution >= 4 is 11.8 Å². The minimum atomic E-state index is 0.596. The molecule has 27 heavy (non-hydrogen) atoms. The fourth-order valence-corrected chi connectivity index (χ4v) is 3.35. The molecule has 4 rings (SSSR count). The lowest BCUT2D eigenvalue weighted by molar-refractivity contribution is 0.573. The average molecular weight is 377 g/mol. The number of nitrogen functional groups attached to an aromatic ring is 1. The molecule has 2 aromatic carbocycles. The number of oxazole rings is 1. The highest BCUT2D eigenvalue weighted by molar-refractivity contribution is 7.98. The summed E-state index contributed by atoms with van der Waals surface area (Å²) in [6.45, 7) is 4.09. The third-order valence-electron chi connectivity index (χ3n) is 4.17. The van der Waals surface area contributed by atoms with E-state index in [1.54, 1.807) is 6.26 Å². The second-order valence-corrected chi connectivity index (χ2v) is 7.28. The van der Waals surface area contributed by atoms with E-state index >= 15 is 0 Å². The number of thioether (sulfide) groups is 1. The maximum absolute atomic E-state index is 6.17. The molecule has 7 heteroatoms. The van der Waals surface area contributed by atoms with Crippen molar-refractivity contribution < 1.29 is 4.42 Å². The molecule has 136 valence electrons. The zero-order valence-electron chi connectivity index (χ0n) is 15.1. The zero-order valence-corrected chi connectivity index (χ0v) is 15.9. The van der Waals surface area contributed by atoms with Gasteiger partial charge in [-0.05, 0) is 26.0 Å².